The number of nitro benzene ring substituents is 1. The molecule has 1 aromatic heterocycles. The molecule has 0 radical (unpaired) electrons. The van der Waals surface area contributed by atoms with E-state index in [4.69, 9.17) is 0 Å². The predicted molar refractivity (Wildman–Crippen MR) is 108 cm³/mol. The van der Waals surface area contributed by atoms with Crippen LogP contribution in [0.5, 0.6) is 0 Å². The van der Waals surface area contributed by atoms with Gasteiger partial charge in [-0.15, -0.1) is 0 Å². The average Bonchev–Trinajstić information content (AvgIpc) is 2.74. The molecule has 0 aliphatic rings. The number of aromatic amines is 1. The van der Waals surface area contributed by atoms with E-state index >= 15 is 0 Å². The molecular formula is C20H20N4O5. The van der Waals surface area contributed by atoms with Gasteiger partial charge in [0.1, 0.15) is 0 Å². The van der Waals surface area contributed by atoms with Crippen LogP contribution in [0.25, 0.3) is 10.8 Å². The molecule has 0 aliphatic heterocycles. The zero-order chi connectivity index (χ0) is 21.1. The van der Waals surface area contributed by atoms with Gasteiger partial charge in [0.2, 0.25) is 5.91 Å². The van der Waals surface area contributed by atoms with Crippen molar-refractivity contribution < 1.29 is 9.72 Å². The summed E-state index contributed by atoms with van der Waals surface area (Å²) < 4.78 is 1.13. The standard InChI is InChI=1S/C20H20N4O5/c1-13(14-6-5-7-15(12-14)24(28)29)22(2)18(25)10-11-23-20(27)17-9-4-3-8-16(17)19(26)21-23/h3-9,12-13H,10-11H2,1-2H3,(H,21,26). The third kappa shape index (κ3) is 4.08. The van der Waals surface area contributed by atoms with E-state index in [2.05, 4.69) is 5.10 Å². The first-order chi connectivity index (χ1) is 13.8. The van der Waals surface area contributed by atoms with Gasteiger partial charge in [-0.25, -0.2) is 4.68 Å². The molecule has 3 rings (SSSR count). The van der Waals surface area contributed by atoms with Gasteiger partial charge in [-0.2, -0.15) is 0 Å². The molecule has 9 heteroatoms. The summed E-state index contributed by atoms with van der Waals surface area (Å²) >= 11 is 0. The Bertz CT molecular complexity index is 1200. The summed E-state index contributed by atoms with van der Waals surface area (Å²) in [5.41, 5.74) is -0.185. The Morgan fingerprint density at radius 1 is 1.17 bits per heavy atom. The molecule has 0 aliphatic carbocycles. The SMILES string of the molecule is CC(c1cccc([N+](=O)[O-])c1)N(C)C(=O)CCn1[nH]c(=O)c2ccccc2c1=O. The summed E-state index contributed by atoms with van der Waals surface area (Å²) in [5, 5.41) is 14.0. The molecular weight excluding hydrogens is 376 g/mol. The van der Waals surface area contributed by atoms with Crippen LogP contribution in [0, 0.1) is 10.1 Å². The lowest BCUT2D eigenvalue weighted by Gasteiger charge is -2.25. The van der Waals surface area contributed by atoms with Crippen LogP contribution in [0.4, 0.5) is 5.69 Å². The third-order valence-electron chi connectivity index (χ3n) is 4.97. The third-order valence-corrected chi connectivity index (χ3v) is 4.97. The van der Waals surface area contributed by atoms with Crippen LogP contribution in [0.15, 0.2) is 58.1 Å². The number of hydrogen-bond acceptors (Lipinski definition) is 5. The number of H-pyrrole nitrogens is 1. The van der Waals surface area contributed by atoms with E-state index in [9.17, 15) is 24.5 Å². The minimum absolute atomic E-state index is 0.00997. The number of carbonyl (C=O) groups excluding carboxylic acids is 1. The molecule has 1 unspecified atom stereocenters. The van der Waals surface area contributed by atoms with Gasteiger partial charge in [-0.3, -0.25) is 29.6 Å². The van der Waals surface area contributed by atoms with Crippen molar-refractivity contribution in [3.8, 4) is 0 Å². The van der Waals surface area contributed by atoms with Crippen LogP contribution in [-0.4, -0.2) is 32.6 Å². The van der Waals surface area contributed by atoms with Crippen molar-refractivity contribution in [2.45, 2.75) is 25.9 Å². The molecule has 29 heavy (non-hydrogen) atoms. The number of nitrogens with one attached hydrogen (secondary N) is 1. The molecule has 1 amide bonds. The highest BCUT2D eigenvalue weighted by Crippen LogP contribution is 2.23. The number of nitro groups is 1. The van der Waals surface area contributed by atoms with E-state index in [1.807, 2.05) is 0 Å². The Morgan fingerprint density at radius 3 is 2.55 bits per heavy atom. The van der Waals surface area contributed by atoms with Crippen molar-refractivity contribution in [3.05, 3.63) is 84.9 Å². The van der Waals surface area contributed by atoms with Crippen molar-refractivity contribution >= 4 is 22.4 Å². The number of benzene rings is 2. The number of carbonyl (C=O) groups is 1. The molecule has 150 valence electrons. The lowest BCUT2D eigenvalue weighted by Crippen LogP contribution is -2.34. The van der Waals surface area contributed by atoms with Gasteiger partial charge in [-0.05, 0) is 24.6 Å². The number of aryl methyl sites for hydroxylation is 1. The summed E-state index contributed by atoms with van der Waals surface area (Å²) in [6, 6.07) is 12.2. The average molecular weight is 396 g/mol. The number of rotatable bonds is 6. The lowest BCUT2D eigenvalue weighted by molar-refractivity contribution is -0.384. The van der Waals surface area contributed by atoms with E-state index in [1.165, 1.54) is 17.0 Å². The molecule has 9 nitrogen and oxygen atoms in total. The Labute approximate surface area is 165 Å². The molecule has 0 bridgehead atoms. The molecule has 1 heterocycles. The second-order valence-electron chi connectivity index (χ2n) is 6.73. The van der Waals surface area contributed by atoms with Crippen molar-refractivity contribution in [2.75, 3.05) is 7.05 Å². The molecule has 1 atom stereocenters. The van der Waals surface area contributed by atoms with Crippen LogP contribution in [0.3, 0.4) is 0 Å². The second kappa shape index (κ2) is 8.09. The van der Waals surface area contributed by atoms with Gasteiger partial charge in [0.15, 0.2) is 0 Å². The van der Waals surface area contributed by atoms with Crippen LogP contribution < -0.4 is 11.1 Å². The van der Waals surface area contributed by atoms with Gasteiger partial charge in [0.05, 0.1) is 28.3 Å². The van der Waals surface area contributed by atoms with Gasteiger partial charge in [0.25, 0.3) is 16.8 Å². The molecule has 2 aromatic carbocycles. The first kappa shape index (κ1) is 20.0. The fourth-order valence-corrected chi connectivity index (χ4v) is 3.13. The van der Waals surface area contributed by atoms with Crippen molar-refractivity contribution in [1.29, 1.82) is 0 Å². The van der Waals surface area contributed by atoms with Gasteiger partial charge in [0, 0.05) is 25.6 Å². The number of amides is 1. The molecule has 3 aromatic rings. The summed E-state index contributed by atoms with van der Waals surface area (Å²) in [4.78, 5) is 49.2. The summed E-state index contributed by atoms with van der Waals surface area (Å²) in [7, 11) is 1.59. The topological polar surface area (TPSA) is 118 Å². The molecule has 0 saturated carbocycles. The van der Waals surface area contributed by atoms with Gasteiger partial charge in [-0.1, -0.05) is 24.3 Å². The highest BCUT2D eigenvalue weighted by molar-refractivity contribution is 5.80. The maximum absolute atomic E-state index is 12.6. The van der Waals surface area contributed by atoms with Crippen molar-refractivity contribution in [3.63, 3.8) is 0 Å². The van der Waals surface area contributed by atoms with E-state index in [0.717, 1.165) is 4.68 Å². The molecule has 0 fully saturated rings. The van der Waals surface area contributed by atoms with Gasteiger partial charge >= 0.3 is 0 Å². The molecule has 1 N–H and O–H groups in total. The van der Waals surface area contributed by atoms with E-state index < -0.39 is 16.5 Å². The lowest BCUT2D eigenvalue weighted by atomic mass is 10.1. The smallest absolute Gasteiger partial charge is 0.273 e. The maximum atomic E-state index is 12.6. The first-order valence-corrected chi connectivity index (χ1v) is 9.01. The minimum Gasteiger partial charge on any atom is -0.339 e. The number of nitrogens with zero attached hydrogens (tertiary/aromatic N) is 3. The van der Waals surface area contributed by atoms with Crippen LogP contribution in [0.2, 0.25) is 0 Å². The Morgan fingerprint density at radius 2 is 1.86 bits per heavy atom. The maximum Gasteiger partial charge on any atom is 0.273 e. The van der Waals surface area contributed by atoms with Crippen LogP contribution in [-0.2, 0) is 11.3 Å². The van der Waals surface area contributed by atoms with E-state index in [-0.39, 0.29) is 30.1 Å². The van der Waals surface area contributed by atoms with Gasteiger partial charge < -0.3 is 4.90 Å². The summed E-state index contributed by atoms with van der Waals surface area (Å²) in [6.45, 7) is 1.78. The second-order valence-corrected chi connectivity index (χ2v) is 6.73. The largest absolute Gasteiger partial charge is 0.339 e. The Balaban J connectivity index is 1.75. The van der Waals surface area contributed by atoms with E-state index in [0.29, 0.717) is 16.3 Å². The number of aromatic nitrogens is 2. The number of hydrogen-bond donors (Lipinski definition) is 1. The van der Waals surface area contributed by atoms with E-state index in [1.54, 1.807) is 50.4 Å². The predicted octanol–water partition coefficient (Wildman–Crippen LogP) is 2.21. The Kier molecular flexibility index (Phi) is 5.58. The van der Waals surface area contributed by atoms with Crippen molar-refractivity contribution in [1.82, 2.24) is 14.7 Å². The fraction of sp³-hybridized carbons (Fsp3) is 0.250. The Hall–Kier alpha value is -3.75. The number of fused-ring (bicyclic) bond motifs is 1. The summed E-state index contributed by atoms with van der Waals surface area (Å²) in [5.74, 6) is -0.259. The monoisotopic (exact) mass is 396 g/mol. The normalized spacial score (nSPS) is 11.9. The summed E-state index contributed by atoms with van der Waals surface area (Å²) in [6.07, 6.45) is -0.00997. The van der Waals surface area contributed by atoms with Crippen LogP contribution >= 0.6 is 0 Å². The van der Waals surface area contributed by atoms with Crippen LogP contribution in [0.1, 0.15) is 24.9 Å². The zero-order valence-electron chi connectivity index (χ0n) is 16.0. The molecule has 0 spiro atoms. The zero-order valence-corrected chi connectivity index (χ0v) is 16.0. The molecule has 0 saturated heterocycles. The van der Waals surface area contributed by atoms with Crippen molar-refractivity contribution in [2.24, 2.45) is 0 Å². The highest BCUT2D eigenvalue weighted by atomic mass is 16.6. The highest BCUT2D eigenvalue weighted by Gasteiger charge is 2.19. The number of non-ortho nitro benzene ring substituents is 1. The minimum atomic E-state index is -0.486. The quantitative estimate of drug-likeness (QED) is 0.506. The first-order valence-electron chi connectivity index (χ1n) is 9.01. The fourth-order valence-electron chi connectivity index (χ4n) is 3.13.